The Bertz CT molecular complexity index is 306. The molecule has 2 aliphatic heterocycles. The largest absolute Gasteiger partial charge is 0.450 e. The Labute approximate surface area is 120 Å². The van der Waals surface area contributed by atoms with E-state index in [0.29, 0.717) is 25.1 Å². The van der Waals surface area contributed by atoms with Crippen LogP contribution in [-0.4, -0.2) is 67.6 Å². The van der Waals surface area contributed by atoms with Gasteiger partial charge in [0, 0.05) is 32.2 Å². The number of β-amino-alcohol motifs (C(OH)–C–C–N with tert-alkyl or cyclic N) is 1. The van der Waals surface area contributed by atoms with Gasteiger partial charge in [-0.25, -0.2) is 4.79 Å². The van der Waals surface area contributed by atoms with Crippen LogP contribution < -0.4 is 10.6 Å². The molecule has 2 saturated heterocycles. The lowest BCUT2D eigenvalue weighted by atomic mass is 9.94. The van der Waals surface area contributed by atoms with E-state index in [1.54, 1.807) is 4.90 Å². The number of ether oxygens (including phenoxy) is 1. The smallest absolute Gasteiger partial charge is 0.409 e. The van der Waals surface area contributed by atoms with Crippen molar-refractivity contribution in [2.75, 3.05) is 39.3 Å². The van der Waals surface area contributed by atoms with Gasteiger partial charge in [-0.1, -0.05) is 0 Å². The molecule has 0 unspecified atom stereocenters. The molecule has 0 aliphatic carbocycles. The van der Waals surface area contributed by atoms with Crippen molar-refractivity contribution in [2.45, 2.75) is 38.3 Å². The van der Waals surface area contributed by atoms with Crippen LogP contribution in [0.5, 0.6) is 0 Å². The quantitative estimate of drug-likeness (QED) is 0.686. The zero-order valence-corrected chi connectivity index (χ0v) is 12.3. The molecule has 20 heavy (non-hydrogen) atoms. The topological polar surface area (TPSA) is 73.8 Å². The van der Waals surface area contributed by atoms with Crippen molar-refractivity contribution < 1.29 is 14.6 Å². The van der Waals surface area contributed by atoms with Crippen LogP contribution in [0.4, 0.5) is 4.79 Å². The van der Waals surface area contributed by atoms with Crippen LogP contribution in [0, 0.1) is 5.92 Å². The standard InChI is InChI=1S/C14H27N3O3/c1-2-20-14(19)17-7-4-12(5-8-17)16-9-11-3-6-15-10-13(11)18/h11-13,15-16,18H,2-10H2,1H3/t11-,13+/m0/s1. The summed E-state index contributed by atoms with van der Waals surface area (Å²) < 4.78 is 5.01. The van der Waals surface area contributed by atoms with E-state index < -0.39 is 0 Å². The summed E-state index contributed by atoms with van der Waals surface area (Å²) in [5.41, 5.74) is 0. The molecule has 2 rings (SSSR count). The first-order valence-corrected chi connectivity index (χ1v) is 7.74. The van der Waals surface area contributed by atoms with E-state index in [1.165, 1.54) is 0 Å². The maximum atomic E-state index is 11.6. The van der Waals surface area contributed by atoms with E-state index in [2.05, 4.69) is 10.6 Å². The average Bonchev–Trinajstić information content (AvgIpc) is 2.47. The summed E-state index contributed by atoms with van der Waals surface area (Å²) in [6.07, 6.45) is 2.51. The Balaban J connectivity index is 1.65. The summed E-state index contributed by atoms with van der Waals surface area (Å²) in [5.74, 6) is 0.347. The van der Waals surface area contributed by atoms with Crippen molar-refractivity contribution >= 4 is 6.09 Å². The SMILES string of the molecule is CCOC(=O)N1CCC(NC[C@@H]2CCNC[C@H]2O)CC1. The van der Waals surface area contributed by atoms with Crippen LogP contribution in [0.1, 0.15) is 26.2 Å². The van der Waals surface area contributed by atoms with Crippen LogP contribution >= 0.6 is 0 Å². The van der Waals surface area contributed by atoms with Crippen molar-refractivity contribution in [3.63, 3.8) is 0 Å². The first kappa shape index (κ1) is 15.5. The zero-order valence-electron chi connectivity index (χ0n) is 12.3. The van der Waals surface area contributed by atoms with Gasteiger partial charge in [-0.15, -0.1) is 0 Å². The second-order valence-electron chi connectivity index (χ2n) is 5.69. The fourth-order valence-corrected chi connectivity index (χ4v) is 2.93. The molecule has 6 heteroatoms. The summed E-state index contributed by atoms with van der Waals surface area (Å²) in [5, 5.41) is 16.6. The van der Waals surface area contributed by atoms with Gasteiger partial charge in [0.25, 0.3) is 0 Å². The van der Waals surface area contributed by atoms with E-state index in [1.807, 2.05) is 6.92 Å². The summed E-state index contributed by atoms with van der Waals surface area (Å²) in [7, 11) is 0. The number of likely N-dealkylation sites (tertiary alicyclic amines) is 1. The highest BCUT2D eigenvalue weighted by Crippen LogP contribution is 2.15. The number of rotatable bonds is 4. The number of amides is 1. The molecule has 2 aliphatic rings. The van der Waals surface area contributed by atoms with Gasteiger partial charge in [0.1, 0.15) is 0 Å². The monoisotopic (exact) mass is 285 g/mol. The van der Waals surface area contributed by atoms with Crippen LogP contribution in [0.25, 0.3) is 0 Å². The number of aliphatic hydroxyl groups is 1. The zero-order chi connectivity index (χ0) is 14.4. The first-order valence-electron chi connectivity index (χ1n) is 7.74. The molecule has 0 aromatic carbocycles. The van der Waals surface area contributed by atoms with Crippen LogP contribution in [0.15, 0.2) is 0 Å². The number of hydrogen-bond donors (Lipinski definition) is 3. The van der Waals surface area contributed by atoms with Gasteiger partial charge >= 0.3 is 6.09 Å². The molecule has 2 atom stereocenters. The van der Waals surface area contributed by atoms with Gasteiger partial charge in [0.2, 0.25) is 0 Å². The lowest BCUT2D eigenvalue weighted by molar-refractivity contribution is 0.0749. The van der Waals surface area contributed by atoms with Gasteiger partial charge in [-0.3, -0.25) is 0 Å². The Morgan fingerprint density at radius 3 is 2.80 bits per heavy atom. The number of piperidine rings is 2. The second kappa shape index (κ2) is 7.81. The van der Waals surface area contributed by atoms with Crippen molar-refractivity contribution in [1.29, 1.82) is 0 Å². The third-order valence-electron chi connectivity index (χ3n) is 4.28. The number of carbonyl (C=O) groups is 1. The maximum Gasteiger partial charge on any atom is 0.409 e. The number of nitrogens with zero attached hydrogens (tertiary/aromatic N) is 1. The van der Waals surface area contributed by atoms with E-state index in [4.69, 9.17) is 4.74 Å². The van der Waals surface area contributed by atoms with E-state index >= 15 is 0 Å². The Kier molecular flexibility index (Phi) is 6.06. The molecule has 3 N–H and O–H groups in total. The molecule has 2 heterocycles. The van der Waals surface area contributed by atoms with Gasteiger partial charge < -0.3 is 25.4 Å². The van der Waals surface area contributed by atoms with Crippen LogP contribution in [0.2, 0.25) is 0 Å². The lowest BCUT2D eigenvalue weighted by Crippen LogP contribution is -2.49. The summed E-state index contributed by atoms with van der Waals surface area (Å²) >= 11 is 0. The number of hydrogen-bond acceptors (Lipinski definition) is 5. The lowest BCUT2D eigenvalue weighted by Gasteiger charge is -2.34. The van der Waals surface area contributed by atoms with Gasteiger partial charge in [-0.2, -0.15) is 0 Å². The maximum absolute atomic E-state index is 11.6. The summed E-state index contributed by atoms with van der Waals surface area (Å²) in [6.45, 7) is 6.34. The Morgan fingerprint density at radius 1 is 1.40 bits per heavy atom. The van der Waals surface area contributed by atoms with Crippen molar-refractivity contribution in [3.8, 4) is 0 Å². The Hall–Kier alpha value is -0.850. The van der Waals surface area contributed by atoms with Gasteiger partial charge in [0.15, 0.2) is 0 Å². The predicted molar refractivity (Wildman–Crippen MR) is 76.6 cm³/mol. The number of aliphatic hydroxyl groups excluding tert-OH is 1. The molecular weight excluding hydrogens is 258 g/mol. The normalized spacial score (nSPS) is 28.4. The van der Waals surface area contributed by atoms with Gasteiger partial charge in [0.05, 0.1) is 12.7 Å². The van der Waals surface area contributed by atoms with Gasteiger partial charge in [-0.05, 0) is 38.6 Å². The molecule has 2 fully saturated rings. The molecular formula is C14H27N3O3. The highest BCUT2D eigenvalue weighted by Gasteiger charge is 2.26. The molecule has 0 spiro atoms. The molecule has 0 aromatic rings. The summed E-state index contributed by atoms with van der Waals surface area (Å²) in [4.78, 5) is 13.4. The first-order chi connectivity index (χ1) is 9.70. The minimum atomic E-state index is -0.240. The average molecular weight is 285 g/mol. The van der Waals surface area contributed by atoms with Crippen LogP contribution in [0.3, 0.4) is 0 Å². The highest BCUT2D eigenvalue weighted by atomic mass is 16.6. The number of carbonyl (C=O) groups excluding carboxylic acids is 1. The Morgan fingerprint density at radius 2 is 2.15 bits per heavy atom. The third-order valence-corrected chi connectivity index (χ3v) is 4.28. The highest BCUT2D eigenvalue weighted by molar-refractivity contribution is 5.67. The van der Waals surface area contributed by atoms with E-state index in [9.17, 15) is 9.90 Å². The molecule has 116 valence electrons. The molecule has 0 radical (unpaired) electrons. The second-order valence-corrected chi connectivity index (χ2v) is 5.69. The van der Waals surface area contributed by atoms with E-state index in [-0.39, 0.29) is 12.2 Å². The fraction of sp³-hybridized carbons (Fsp3) is 0.929. The summed E-state index contributed by atoms with van der Waals surface area (Å²) in [6, 6.07) is 0.447. The minimum Gasteiger partial charge on any atom is -0.450 e. The molecule has 0 aromatic heterocycles. The van der Waals surface area contributed by atoms with Crippen molar-refractivity contribution in [3.05, 3.63) is 0 Å². The minimum absolute atomic E-state index is 0.195. The van der Waals surface area contributed by atoms with Crippen molar-refractivity contribution in [1.82, 2.24) is 15.5 Å². The fourth-order valence-electron chi connectivity index (χ4n) is 2.93. The van der Waals surface area contributed by atoms with Crippen molar-refractivity contribution in [2.24, 2.45) is 5.92 Å². The molecule has 0 saturated carbocycles. The molecule has 1 amide bonds. The van der Waals surface area contributed by atoms with Crippen LogP contribution in [-0.2, 0) is 4.74 Å². The predicted octanol–water partition coefficient (Wildman–Crippen LogP) is 0.167. The molecule has 6 nitrogen and oxygen atoms in total. The van der Waals surface area contributed by atoms with E-state index in [0.717, 1.165) is 45.4 Å². The number of nitrogens with one attached hydrogen (secondary N) is 2. The third kappa shape index (κ3) is 4.33. The molecule has 0 bridgehead atoms.